The number of aromatic carboxylic acids is 1. The van der Waals surface area contributed by atoms with Crippen molar-refractivity contribution in [2.24, 2.45) is 0 Å². The lowest BCUT2D eigenvalue weighted by atomic mass is 10.2. The zero-order chi connectivity index (χ0) is 16.2. The zero-order valence-corrected chi connectivity index (χ0v) is 12.6. The van der Waals surface area contributed by atoms with Gasteiger partial charge in [-0.3, -0.25) is 4.57 Å². The summed E-state index contributed by atoms with van der Waals surface area (Å²) in [4.78, 5) is 15.6. The second-order valence-electron chi connectivity index (χ2n) is 4.89. The minimum Gasteiger partial charge on any atom is -0.492 e. The Labute approximate surface area is 133 Å². The maximum atomic E-state index is 11.3. The number of aromatic nitrogens is 2. The lowest BCUT2D eigenvalue weighted by Gasteiger charge is -2.13. The molecule has 3 aromatic rings. The molecule has 23 heavy (non-hydrogen) atoms. The van der Waals surface area contributed by atoms with E-state index in [9.17, 15) is 9.90 Å². The Morgan fingerprint density at radius 2 is 1.83 bits per heavy atom. The summed E-state index contributed by atoms with van der Waals surface area (Å²) in [5, 5.41) is 9.28. The van der Waals surface area contributed by atoms with E-state index < -0.39 is 5.97 Å². The molecule has 0 amide bonds. The number of hydrogen-bond acceptors (Lipinski definition) is 3. The molecule has 0 unspecified atom stereocenters. The Balaban J connectivity index is 2.21. The fourth-order valence-electron chi connectivity index (χ4n) is 2.39. The van der Waals surface area contributed by atoms with E-state index in [2.05, 4.69) is 4.98 Å². The van der Waals surface area contributed by atoms with Gasteiger partial charge in [0.25, 0.3) is 0 Å². The van der Waals surface area contributed by atoms with Crippen LogP contribution in [0.5, 0.6) is 5.75 Å². The molecule has 5 nitrogen and oxygen atoms in total. The smallest absolute Gasteiger partial charge is 0.356 e. The van der Waals surface area contributed by atoms with E-state index in [0.717, 1.165) is 11.3 Å². The van der Waals surface area contributed by atoms with Crippen molar-refractivity contribution in [3.8, 4) is 22.8 Å². The summed E-state index contributed by atoms with van der Waals surface area (Å²) < 4.78 is 7.41. The van der Waals surface area contributed by atoms with E-state index in [0.29, 0.717) is 18.2 Å². The summed E-state index contributed by atoms with van der Waals surface area (Å²) in [6, 6.07) is 17.0. The number of carboxylic acid groups (broad SMARTS) is 1. The Morgan fingerprint density at radius 1 is 1.13 bits per heavy atom. The van der Waals surface area contributed by atoms with Crippen LogP contribution in [0, 0.1) is 0 Å². The lowest BCUT2D eigenvalue weighted by molar-refractivity contribution is 0.0691. The summed E-state index contributed by atoms with van der Waals surface area (Å²) >= 11 is 0. The molecule has 0 saturated carbocycles. The minimum absolute atomic E-state index is 0.00449. The first kappa shape index (κ1) is 14.8. The predicted octanol–water partition coefficient (Wildman–Crippen LogP) is 3.64. The number of nitrogens with zero attached hydrogens (tertiary/aromatic N) is 2. The van der Waals surface area contributed by atoms with Gasteiger partial charge in [-0.25, -0.2) is 9.78 Å². The van der Waals surface area contributed by atoms with Crippen molar-refractivity contribution in [3.63, 3.8) is 0 Å². The summed E-state index contributed by atoms with van der Waals surface area (Å²) in [7, 11) is 0. The molecular formula is C18H16N2O3. The van der Waals surface area contributed by atoms with Crippen LogP contribution in [-0.4, -0.2) is 27.2 Å². The Morgan fingerprint density at radius 3 is 2.52 bits per heavy atom. The van der Waals surface area contributed by atoms with E-state index in [4.69, 9.17) is 4.74 Å². The average molecular weight is 308 g/mol. The van der Waals surface area contributed by atoms with Crippen LogP contribution in [0.1, 0.15) is 17.4 Å². The van der Waals surface area contributed by atoms with Gasteiger partial charge < -0.3 is 9.84 Å². The highest BCUT2D eigenvalue weighted by molar-refractivity contribution is 5.86. The van der Waals surface area contributed by atoms with E-state index in [1.807, 2.05) is 61.5 Å². The topological polar surface area (TPSA) is 64.3 Å². The van der Waals surface area contributed by atoms with Crippen molar-refractivity contribution in [2.45, 2.75) is 6.92 Å². The van der Waals surface area contributed by atoms with Gasteiger partial charge >= 0.3 is 5.97 Å². The fraction of sp³-hybridized carbons (Fsp3) is 0.111. The standard InChI is InChI=1S/C18H16N2O3/c1-2-23-16-11-7-6-10-15(16)20-12-14(18(21)22)19-17(20)13-8-4-3-5-9-13/h3-12H,2H2,1H3,(H,21,22). The van der Waals surface area contributed by atoms with E-state index in [1.54, 1.807) is 4.57 Å². The van der Waals surface area contributed by atoms with Crippen molar-refractivity contribution < 1.29 is 14.6 Å². The van der Waals surface area contributed by atoms with Crippen LogP contribution in [0.15, 0.2) is 60.8 Å². The van der Waals surface area contributed by atoms with Gasteiger partial charge in [0, 0.05) is 11.8 Å². The molecule has 0 aliphatic rings. The van der Waals surface area contributed by atoms with Gasteiger partial charge in [-0.15, -0.1) is 0 Å². The summed E-state index contributed by atoms with van der Waals surface area (Å²) in [6.07, 6.45) is 1.52. The number of hydrogen-bond donors (Lipinski definition) is 1. The number of rotatable bonds is 5. The van der Waals surface area contributed by atoms with Gasteiger partial charge in [-0.2, -0.15) is 0 Å². The summed E-state index contributed by atoms with van der Waals surface area (Å²) in [6.45, 7) is 2.43. The SMILES string of the molecule is CCOc1ccccc1-n1cc(C(=O)O)nc1-c1ccccc1. The lowest BCUT2D eigenvalue weighted by Crippen LogP contribution is -2.01. The summed E-state index contributed by atoms with van der Waals surface area (Å²) in [5.41, 5.74) is 1.59. The number of carboxylic acids is 1. The average Bonchev–Trinajstić information content (AvgIpc) is 3.02. The first-order chi connectivity index (χ1) is 11.2. The van der Waals surface area contributed by atoms with Gasteiger partial charge in [0.2, 0.25) is 0 Å². The molecule has 0 spiro atoms. The van der Waals surface area contributed by atoms with Crippen LogP contribution < -0.4 is 4.74 Å². The molecular weight excluding hydrogens is 292 g/mol. The molecule has 0 bridgehead atoms. The van der Waals surface area contributed by atoms with Gasteiger partial charge in [-0.1, -0.05) is 42.5 Å². The van der Waals surface area contributed by atoms with Crippen LogP contribution in [-0.2, 0) is 0 Å². The number of ether oxygens (including phenoxy) is 1. The Kier molecular flexibility index (Phi) is 4.10. The highest BCUT2D eigenvalue weighted by Crippen LogP contribution is 2.29. The third-order valence-electron chi connectivity index (χ3n) is 3.38. The Bertz CT molecular complexity index is 825. The molecule has 1 N–H and O–H groups in total. The van der Waals surface area contributed by atoms with Crippen LogP contribution >= 0.6 is 0 Å². The molecule has 0 aliphatic carbocycles. The third-order valence-corrected chi connectivity index (χ3v) is 3.38. The molecule has 1 aromatic heterocycles. The van der Waals surface area contributed by atoms with Gasteiger partial charge in [0.1, 0.15) is 11.6 Å². The number of benzene rings is 2. The zero-order valence-electron chi connectivity index (χ0n) is 12.6. The molecule has 0 radical (unpaired) electrons. The second kappa shape index (κ2) is 6.36. The molecule has 5 heteroatoms. The highest BCUT2D eigenvalue weighted by Gasteiger charge is 2.17. The number of para-hydroxylation sites is 2. The maximum Gasteiger partial charge on any atom is 0.356 e. The Hall–Kier alpha value is -3.08. The molecule has 2 aromatic carbocycles. The molecule has 116 valence electrons. The van der Waals surface area contributed by atoms with Crippen molar-refractivity contribution in [1.29, 1.82) is 0 Å². The highest BCUT2D eigenvalue weighted by atomic mass is 16.5. The maximum absolute atomic E-state index is 11.3. The molecule has 0 atom stereocenters. The predicted molar refractivity (Wildman–Crippen MR) is 87.1 cm³/mol. The fourth-order valence-corrected chi connectivity index (χ4v) is 2.39. The normalized spacial score (nSPS) is 10.5. The van der Waals surface area contributed by atoms with Crippen LogP contribution in [0.3, 0.4) is 0 Å². The van der Waals surface area contributed by atoms with Gasteiger partial charge in [0.15, 0.2) is 5.69 Å². The molecule has 0 aliphatic heterocycles. The first-order valence-electron chi connectivity index (χ1n) is 7.31. The van der Waals surface area contributed by atoms with Crippen molar-refractivity contribution in [3.05, 3.63) is 66.5 Å². The van der Waals surface area contributed by atoms with Gasteiger partial charge in [0.05, 0.1) is 12.3 Å². The quantitative estimate of drug-likeness (QED) is 0.781. The van der Waals surface area contributed by atoms with Crippen molar-refractivity contribution in [1.82, 2.24) is 9.55 Å². The second-order valence-corrected chi connectivity index (χ2v) is 4.89. The first-order valence-corrected chi connectivity index (χ1v) is 7.31. The van der Waals surface area contributed by atoms with Gasteiger partial charge in [-0.05, 0) is 19.1 Å². The van der Waals surface area contributed by atoms with Crippen LogP contribution in [0.4, 0.5) is 0 Å². The van der Waals surface area contributed by atoms with E-state index in [1.165, 1.54) is 6.20 Å². The molecule has 1 heterocycles. The molecule has 0 fully saturated rings. The van der Waals surface area contributed by atoms with Crippen molar-refractivity contribution in [2.75, 3.05) is 6.61 Å². The van der Waals surface area contributed by atoms with Crippen LogP contribution in [0.25, 0.3) is 17.1 Å². The van der Waals surface area contributed by atoms with E-state index >= 15 is 0 Å². The summed E-state index contributed by atoms with van der Waals surface area (Å²) in [5.74, 6) is 0.187. The number of imidazole rings is 1. The van der Waals surface area contributed by atoms with Crippen molar-refractivity contribution >= 4 is 5.97 Å². The van der Waals surface area contributed by atoms with E-state index in [-0.39, 0.29) is 5.69 Å². The van der Waals surface area contributed by atoms with Crippen LogP contribution in [0.2, 0.25) is 0 Å². The monoisotopic (exact) mass is 308 g/mol. The minimum atomic E-state index is -1.06. The molecule has 3 rings (SSSR count). The molecule has 0 saturated heterocycles. The third kappa shape index (κ3) is 2.94. The largest absolute Gasteiger partial charge is 0.492 e. The number of carbonyl (C=O) groups is 1.